The van der Waals surface area contributed by atoms with Gasteiger partial charge in [-0.1, -0.05) is 42.5 Å². The molecule has 2 aromatic carbocycles. The van der Waals surface area contributed by atoms with E-state index in [1.54, 1.807) is 7.11 Å². The highest BCUT2D eigenvalue weighted by molar-refractivity contribution is 7.09. The highest BCUT2D eigenvalue weighted by atomic mass is 32.1. The normalized spacial score (nSPS) is 14.3. The van der Waals surface area contributed by atoms with Crippen molar-refractivity contribution in [2.24, 2.45) is 0 Å². The first-order chi connectivity index (χ1) is 16.2. The monoisotopic (exact) mass is 465 g/mol. The van der Waals surface area contributed by atoms with Crippen molar-refractivity contribution in [3.05, 3.63) is 71.5 Å². The smallest absolute Gasteiger partial charge is 0.220 e. The van der Waals surface area contributed by atoms with E-state index in [0.29, 0.717) is 19.4 Å². The lowest BCUT2D eigenvalue weighted by Gasteiger charge is -2.34. The van der Waals surface area contributed by atoms with Crippen molar-refractivity contribution in [3.8, 4) is 5.75 Å². The van der Waals surface area contributed by atoms with Gasteiger partial charge in [-0.3, -0.25) is 9.69 Å². The molecule has 0 atom stereocenters. The van der Waals surface area contributed by atoms with Crippen LogP contribution in [0.1, 0.15) is 23.4 Å². The molecule has 3 aromatic rings. The minimum atomic E-state index is 0.120. The molecule has 2 heterocycles. The third kappa shape index (κ3) is 7.00. The molecule has 1 saturated heterocycles. The maximum Gasteiger partial charge on any atom is 0.220 e. The van der Waals surface area contributed by atoms with E-state index >= 15 is 0 Å². The van der Waals surface area contributed by atoms with Crippen LogP contribution in [0, 0.1) is 0 Å². The minimum Gasteiger partial charge on any atom is -0.497 e. The molecule has 7 nitrogen and oxygen atoms in total. The van der Waals surface area contributed by atoms with Crippen LogP contribution in [0.25, 0.3) is 0 Å². The van der Waals surface area contributed by atoms with Crippen molar-refractivity contribution in [2.75, 3.05) is 51.3 Å². The number of benzene rings is 2. The second kappa shape index (κ2) is 11.8. The second-order valence-corrected chi connectivity index (χ2v) is 8.92. The fraction of sp³-hybridized carbons (Fsp3) is 0.400. The Morgan fingerprint density at radius 1 is 1.06 bits per heavy atom. The highest BCUT2D eigenvalue weighted by Crippen LogP contribution is 2.21. The molecule has 1 fully saturated rings. The lowest BCUT2D eigenvalue weighted by molar-refractivity contribution is -0.121. The number of nitrogens with one attached hydrogen (secondary N) is 1. The number of methoxy groups -OCH3 is 1. The number of nitrogens with zero attached hydrogens (tertiary/aromatic N) is 4. The molecule has 0 saturated carbocycles. The average Bonchev–Trinajstić information content (AvgIpc) is 3.32. The molecule has 1 aliphatic rings. The van der Waals surface area contributed by atoms with Crippen LogP contribution in [0.4, 0.5) is 5.13 Å². The van der Waals surface area contributed by atoms with E-state index in [2.05, 4.69) is 37.7 Å². The van der Waals surface area contributed by atoms with Crippen LogP contribution < -0.4 is 15.0 Å². The predicted octanol–water partition coefficient (Wildman–Crippen LogP) is 3.01. The van der Waals surface area contributed by atoms with Crippen LogP contribution in [-0.4, -0.2) is 66.5 Å². The molecular formula is C25H31N5O2S. The van der Waals surface area contributed by atoms with Crippen molar-refractivity contribution < 1.29 is 9.53 Å². The summed E-state index contributed by atoms with van der Waals surface area (Å²) in [5.41, 5.74) is 2.35. The van der Waals surface area contributed by atoms with Crippen LogP contribution in [0.15, 0.2) is 54.6 Å². The first-order valence-electron chi connectivity index (χ1n) is 11.4. The van der Waals surface area contributed by atoms with Gasteiger partial charge in [-0.15, -0.1) is 0 Å². The summed E-state index contributed by atoms with van der Waals surface area (Å²) in [7, 11) is 1.68. The van der Waals surface area contributed by atoms with Crippen molar-refractivity contribution in [1.82, 2.24) is 19.6 Å². The molecule has 0 unspecified atom stereocenters. The molecule has 0 radical (unpaired) electrons. The molecule has 8 heteroatoms. The first kappa shape index (κ1) is 23.2. The lowest BCUT2D eigenvalue weighted by atomic mass is 10.1. The summed E-state index contributed by atoms with van der Waals surface area (Å²) in [5, 5.41) is 4.04. The summed E-state index contributed by atoms with van der Waals surface area (Å²) in [6.45, 7) is 5.35. The zero-order chi connectivity index (χ0) is 22.9. The van der Waals surface area contributed by atoms with E-state index in [1.807, 2.05) is 36.4 Å². The van der Waals surface area contributed by atoms with Crippen molar-refractivity contribution >= 4 is 22.6 Å². The number of hydrogen-bond donors (Lipinski definition) is 1. The standard InChI is InChI=1S/C25H31N5O2S/c1-32-22-9-5-8-21(18-22)19-23-27-25(33-28-23)30-16-14-29(15-17-30)13-12-26-24(31)11-10-20-6-3-2-4-7-20/h2-9,18H,10-17,19H2,1H3,(H,26,31). The van der Waals surface area contributed by atoms with E-state index in [9.17, 15) is 4.79 Å². The predicted molar refractivity (Wildman–Crippen MR) is 132 cm³/mol. The zero-order valence-corrected chi connectivity index (χ0v) is 19.9. The molecule has 1 amide bonds. The van der Waals surface area contributed by atoms with Crippen LogP contribution in [0.5, 0.6) is 5.75 Å². The Morgan fingerprint density at radius 3 is 2.64 bits per heavy atom. The fourth-order valence-electron chi connectivity index (χ4n) is 3.92. The van der Waals surface area contributed by atoms with E-state index in [4.69, 9.17) is 9.72 Å². The molecular weight excluding hydrogens is 434 g/mol. The van der Waals surface area contributed by atoms with E-state index in [0.717, 1.165) is 61.4 Å². The number of hydrogen-bond acceptors (Lipinski definition) is 7. The SMILES string of the molecule is COc1cccc(Cc2nsc(N3CCN(CCNC(=O)CCc4ccccc4)CC3)n2)c1. The summed E-state index contributed by atoms with van der Waals surface area (Å²) in [6.07, 6.45) is 2.03. The number of carbonyl (C=O) groups excluding carboxylic acids is 1. The number of ether oxygens (including phenoxy) is 1. The van der Waals surface area contributed by atoms with Crippen LogP contribution in [-0.2, 0) is 17.6 Å². The third-order valence-electron chi connectivity index (χ3n) is 5.83. The number of amides is 1. The average molecular weight is 466 g/mol. The summed E-state index contributed by atoms with van der Waals surface area (Å²) < 4.78 is 9.86. The maximum atomic E-state index is 12.1. The van der Waals surface area contributed by atoms with Crippen LogP contribution in [0.2, 0.25) is 0 Å². The summed E-state index contributed by atoms with van der Waals surface area (Å²) in [4.78, 5) is 21.6. The third-order valence-corrected chi connectivity index (χ3v) is 6.65. The summed E-state index contributed by atoms with van der Waals surface area (Å²) >= 11 is 1.47. The molecule has 4 rings (SSSR count). The second-order valence-electron chi connectivity index (χ2n) is 8.19. The van der Waals surface area contributed by atoms with Gasteiger partial charge in [0.25, 0.3) is 0 Å². The van der Waals surface area contributed by atoms with Gasteiger partial charge in [0.1, 0.15) is 11.6 Å². The quantitative estimate of drug-likeness (QED) is 0.496. The first-order valence-corrected chi connectivity index (χ1v) is 12.2. The maximum absolute atomic E-state index is 12.1. The Bertz CT molecular complexity index is 1020. The molecule has 1 aromatic heterocycles. The van der Waals surface area contributed by atoms with E-state index in [-0.39, 0.29) is 5.91 Å². The van der Waals surface area contributed by atoms with E-state index in [1.165, 1.54) is 17.1 Å². The molecule has 0 bridgehead atoms. The summed E-state index contributed by atoms with van der Waals surface area (Å²) in [5.74, 6) is 1.82. The van der Waals surface area contributed by atoms with Gasteiger partial charge >= 0.3 is 0 Å². The van der Waals surface area contributed by atoms with Crippen LogP contribution in [0.3, 0.4) is 0 Å². The Kier molecular flexibility index (Phi) is 8.27. The Morgan fingerprint density at radius 2 is 1.85 bits per heavy atom. The molecule has 0 spiro atoms. The Hall–Kier alpha value is -2.97. The molecule has 33 heavy (non-hydrogen) atoms. The number of aryl methyl sites for hydroxylation is 1. The van der Waals surface area contributed by atoms with Gasteiger partial charge in [0.05, 0.1) is 7.11 Å². The lowest BCUT2D eigenvalue weighted by Crippen LogP contribution is -2.48. The van der Waals surface area contributed by atoms with Crippen molar-refractivity contribution in [2.45, 2.75) is 19.3 Å². The number of rotatable bonds is 10. The number of aromatic nitrogens is 2. The van der Waals surface area contributed by atoms with Gasteiger partial charge in [0.2, 0.25) is 11.0 Å². The Labute approximate surface area is 199 Å². The van der Waals surface area contributed by atoms with Gasteiger partial charge in [0, 0.05) is 63.6 Å². The molecule has 0 aliphatic carbocycles. The van der Waals surface area contributed by atoms with Gasteiger partial charge < -0.3 is 15.0 Å². The van der Waals surface area contributed by atoms with Gasteiger partial charge in [-0.05, 0) is 29.7 Å². The zero-order valence-electron chi connectivity index (χ0n) is 19.1. The molecule has 1 N–H and O–H groups in total. The number of piperazine rings is 1. The largest absolute Gasteiger partial charge is 0.497 e. The minimum absolute atomic E-state index is 0.120. The van der Waals surface area contributed by atoms with Gasteiger partial charge in [-0.25, -0.2) is 4.98 Å². The number of anilines is 1. The van der Waals surface area contributed by atoms with Crippen molar-refractivity contribution in [1.29, 1.82) is 0 Å². The van der Waals surface area contributed by atoms with E-state index < -0.39 is 0 Å². The number of carbonyl (C=O) groups is 1. The van der Waals surface area contributed by atoms with Gasteiger partial charge in [0.15, 0.2) is 0 Å². The van der Waals surface area contributed by atoms with Crippen LogP contribution >= 0.6 is 11.5 Å². The fourth-order valence-corrected chi connectivity index (χ4v) is 4.65. The summed E-state index contributed by atoms with van der Waals surface area (Å²) in [6, 6.07) is 18.2. The molecule has 174 valence electrons. The van der Waals surface area contributed by atoms with Crippen molar-refractivity contribution in [3.63, 3.8) is 0 Å². The molecule has 1 aliphatic heterocycles. The van der Waals surface area contributed by atoms with Gasteiger partial charge in [-0.2, -0.15) is 4.37 Å². The highest BCUT2D eigenvalue weighted by Gasteiger charge is 2.20. The Balaban J connectivity index is 1.15. The topological polar surface area (TPSA) is 70.6 Å².